The molecule has 128 valence electrons. The maximum Gasteiger partial charge on any atom is 0.417 e. The Kier molecular flexibility index (Phi) is 5.48. The summed E-state index contributed by atoms with van der Waals surface area (Å²) in [6.45, 7) is 0. The topological polar surface area (TPSA) is 38.3 Å². The highest BCUT2D eigenvalue weighted by Crippen LogP contribution is 2.36. The second kappa shape index (κ2) is 7.21. The minimum atomic E-state index is -4.54. The average Bonchev–Trinajstić information content (AvgIpc) is 2.48. The molecule has 1 N–H and O–H groups in total. The van der Waals surface area contributed by atoms with Gasteiger partial charge in [-0.3, -0.25) is 4.79 Å². The van der Waals surface area contributed by atoms with Gasteiger partial charge in [0.05, 0.1) is 19.1 Å². The number of carbonyl (C=O) groups is 1. The second-order valence-corrected chi connectivity index (χ2v) is 5.74. The summed E-state index contributed by atoms with van der Waals surface area (Å²) in [4.78, 5) is 11.9. The number of anilines is 1. The zero-order valence-corrected chi connectivity index (χ0v) is 14.0. The number of benzene rings is 2. The van der Waals surface area contributed by atoms with E-state index >= 15 is 0 Å². The highest BCUT2D eigenvalue weighted by Gasteiger charge is 2.33. The lowest BCUT2D eigenvalue weighted by atomic mass is 10.1. The lowest BCUT2D eigenvalue weighted by Crippen LogP contribution is -2.15. The summed E-state index contributed by atoms with van der Waals surface area (Å²) in [7, 11) is 1.32. The summed E-state index contributed by atoms with van der Waals surface area (Å²) in [5.41, 5.74) is -0.515. The highest BCUT2D eigenvalue weighted by molar-refractivity contribution is 9.10. The maximum absolute atomic E-state index is 13.6. The Hall–Kier alpha value is -2.09. The van der Waals surface area contributed by atoms with E-state index in [1.807, 2.05) is 0 Å². The monoisotopic (exact) mass is 405 g/mol. The van der Waals surface area contributed by atoms with Crippen LogP contribution < -0.4 is 10.1 Å². The summed E-state index contributed by atoms with van der Waals surface area (Å²) >= 11 is 2.82. The number of nitrogens with one attached hydrogen (secondary N) is 1. The Morgan fingerprint density at radius 1 is 1.21 bits per heavy atom. The maximum atomic E-state index is 13.6. The van der Waals surface area contributed by atoms with Gasteiger partial charge in [0.1, 0.15) is 0 Å². The van der Waals surface area contributed by atoms with E-state index in [1.165, 1.54) is 31.4 Å². The van der Waals surface area contributed by atoms with Crippen LogP contribution in [0.25, 0.3) is 0 Å². The van der Waals surface area contributed by atoms with Crippen LogP contribution in [0.3, 0.4) is 0 Å². The van der Waals surface area contributed by atoms with Gasteiger partial charge in [-0.05, 0) is 35.9 Å². The third kappa shape index (κ3) is 4.47. The van der Waals surface area contributed by atoms with Crippen LogP contribution in [0.4, 0.5) is 23.2 Å². The molecule has 0 bridgehead atoms. The van der Waals surface area contributed by atoms with Crippen molar-refractivity contribution >= 4 is 27.5 Å². The van der Waals surface area contributed by atoms with Gasteiger partial charge in [-0.25, -0.2) is 4.39 Å². The van der Waals surface area contributed by atoms with Crippen LogP contribution in [0.15, 0.2) is 40.9 Å². The third-order valence-electron chi connectivity index (χ3n) is 3.14. The van der Waals surface area contributed by atoms with Gasteiger partial charge in [-0.15, -0.1) is 0 Å². The van der Waals surface area contributed by atoms with Crippen LogP contribution in [-0.4, -0.2) is 13.0 Å². The second-order valence-electron chi connectivity index (χ2n) is 4.89. The lowest BCUT2D eigenvalue weighted by Gasteiger charge is -2.12. The molecule has 2 aromatic rings. The Bertz CT molecular complexity index is 762. The number of hydrogen-bond acceptors (Lipinski definition) is 2. The quantitative estimate of drug-likeness (QED) is 0.742. The molecule has 24 heavy (non-hydrogen) atoms. The molecule has 2 aromatic carbocycles. The zero-order chi connectivity index (χ0) is 17.9. The first-order valence-corrected chi connectivity index (χ1v) is 7.49. The van der Waals surface area contributed by atoms with Crippen molar-refractivity contribution in [1.82, 2.24) is 0 Å². The summed E-state index contributed by atoms with van der Waals surface area (Å²) in [6, 6.07) is 7.39. The summed E-state index contributed by atoms with van der Waals surface area (Å²) < 4.78 is 56.7. The molecule has 0 aliphatic carbocycles. The Morgan fingerprint density at radius 2 is 1.92 bits per heavy atom. The first-order valence-electron chi connectivity index (χ1n) is 6.69. The Morgan fingerprint density at radius 3 is 2.50 bits per heavy atom. The fourth-order valence-electron chi connectivity index (χ4n) is 2.03. The van der Waals surface area contributed by atoms with Gasteiger partial charge < -0.3 is 10.1 Å². The molecule has 0 unspecified atom stereocenters. The number of ether oxygens (including phenoxy) is 1. The largest absolute Gasteiger partial charge is 0.494 e. The van der Waals surface area contributed by atoms with E-state index in [9.17, 15) is 22.4 Å². The fourth-order valence-corrected chi connectivity index (χ4v) is 2.50. The molecule has 0 spiro atoms. The molecule has 0 atom stereocenters. The van der Waals surface area contributed by atoms with Crippen molar-refractivity contribution in [1.29, 1.82) is 0 Å². The van der Waals surface area contributed by atoms with Crippen molar-refractivity contribution in [2.45, 2.75) is 12.6 Å². The fraction of sp³-hybridized carbons (Fsp3) is 0.188. The van der Waals surface area contributed by atoms with Crippen molar-refractivity contribution < 1.29 is 27.1 Å². The van der Waals surface area contributed by atoms with E-state index in [0.717, 1.165) is 12.1 Å². The predicted octanol–water partition coefficient (Wildman–Crippen LogP) is 4.80. The molecule has 3 nitrogen and oxygen atoms in total. The number of amides is 1. The Balaban J connectivity index is 2.11. The van der Waals surface area contributed by atoms with Gasteiger partial charge >= 0.3 is 6.18 Å². The normalized spacial score (nSPS) is 11.2. The molecule has 0 aromatic heterocycles. The molecule has 0 saturated heterocycles. The van der Waals surface area contributed by atoms with Crippen LogP contribution in [0.5, 0.6) is 5.75 Å². The van der Waals surface area contributed by atoms with Crippen molar-refractivity contribution in [3.05, 3.63) is 57.8 Å². The van der Waals surface area contributed by atoms with Crippen LogP contribution in [0.1, 0.15) is 11.1 Å². The summed E-state index contributed by atoms with van der Waals surface area (Å²) in [6.07, 6.45) is -4.73. The lowest BCUT2D eigenvalue weighted by molar-refractivity contribution is -0.138. The van der Waals surface area contributed by atoms with Gasteiger partial charge in [-0.2, -0.15) is 13.2 Å². The number of hydrogen-bond donors (Lipinski definition) is 1. The van der Waals surface area contributed by atoms with Crippen molar-refractivity contribution in [2.24, 2.45) is 0 Å². The molecule has 0 aliphatic rings. The van der Waals surface area contributed by atoms with Crippen LogP contribution in [0, 0.1) is 5.82 Å². The smallest absolute Gasteiger partial charge is 0.417 e. The van der Waals surface area contributed by atoms with E-state index in [0.29, 0.717) is 5.56 Å². The molecule has 0 saturated carbocycles. The van der Waals surface area contributed by atoms with E-state index in [2.05, 4.69) is 21.2 Å². The molecular weight excluding hydrogens is 394 g/mol. The van der Waals surface area contributed by atoms with E-state index in [-0.39, 0.29) is 22.3 Å². The average molecular weight is 406 g/mol. The van der Waals surface area contributed by atoms with Gasteiger partial charge in [-0.1, -0.05) is 22.0 Å². The van der Waals surface area contributed by atoms with Gasteiger partial charge in [0.15, 0.2) is 11.6 Å². The predicted molar refractivity (Wildman–Crippen MR) is 84.4 cm³/mol. The van der Waals surface area contributed by atoms with Crippen LogP contribution >= 0.6 is 15.9 Å². The van der Waals surface area contributed by atoms with E-state index < -0.39 is 23.5 Å². The molecule has 0 heterocycles. The van der Waals surface area contributed by atoms with Crippen molar-refractivity contribution in [3.8, 4) is 5.75 Å². The molecule has 0 aliphatic heterocycles. The number of halogens is 5. The molecule has 0 fully saturated rings. The summed E-state index contributed by atoms with van der Waals surface area (Å²) in [5.74, 6) is -1.14. The first-order chi connectivity index (χ1) is 11.2. The van der Waals surface area contributed by atoms with Gasteiger partial charge in [0.2, 0.25) is 5.91 Å². The first kappa shape index (κ1) is 18.3. The molecular formula is C16H12BrF4NO2. The minimum absolute atomic E-state index is 0.00417. The number of carbonyl (C=O) groups excluding carboxylic acids is 1. The van der Waals surface area contributed by atoms with Crippen molar-refractivity contribution in [2.75, 3.05) is 12.4 Å². The number of alkyl halides is 3. The van der Waals surface area contributed by atoms with Crippen molar-refractivity contribution in [3.63, 3.8) is 0 Å². The van der Waals surface area contributed by atoms with E-state index in [4.69, 9.17) is 4.74 Å². The molecule has 2 rings (SSSR count). The SMILES string of the molecule is COc1ccc(CC(=O)Nc2ccc(Br)c(C(F)(F)F)c2)cc1F. The number of methoxy groups -OCH3 is 1. The zero-order valence-electron chi connectivity index (χ0n) is 12.4. The minimum Gasteiger partial charge on any atom is -0.494 e. The van der Waals surface area contributed by atoms with Crippen LogP contribution in [0.2, 0.25) is 0 Å². The molecule has 8 heteroatoms. The highest BCUT2D eigenvalue weighted by atomic mass is 79.9. The molecule has 1 amide bonds. The summed E-state index contributed by atoms with van der Waals surface area (Å²) in [5, 5.41) is 2.36. The number of rotatable bonds is 4. The van der Waals surface area contributed by atoms with Crippen LogP contribution in [-0.2, 0) is 17.4 Å². The Labute approximate surface area is 143 Å². The third-order valence-corrected chi connectivity index (χ3v) is 3.83. The van der Waals surface area contributed by atoms with E-state index in [1.54, 1.807) is 0 Å². The van der Waals surface area contributed by atoms with Gasteiger partial charge in [0, 0.05) is 10.2 Å². The van der Waals surface area contributed by atoms with Gasteiger partial charge in [0.25, 0.3) is 0 Å². The standard InChI is InChI=1S/C16H12BrF4NO2/c1-24-14-5-2-9(6-13(14)18)7-15(23)22-10-3-4-12(17)11(8-10)16(19,20)21/h2-6,8H,7H2,1H3,(H,22,23). The molecule has 0 radical (unpaired) electrons.